The van der Waals surface area contributed by atoms with Crippen LogP contribution in [0.15, 0.2) is 4.79 Å². The zero-order valence-electron chi connectivity index (χ0n) is 7.84. The number of carbonyl (C=O) groups excluding carboxylic acids is 1. The molecule has 0 aliphatic carbocycles. The number of carbonyl (C=O) groups is 1. The first-order valence-corrected chi connectivity index (χ1v) is 4.34. The monoisotopic (exact) mass is 214 g/mol. The molecule has 2 N–H and O–H groups in total. The SMILES string of the molecule is COC(=O)Cc1c(C)[nH]c(=S)[nH]c1=O. The number of H-pyrrole nitrogens is 2. The fraction of sp³-hybridized carbons (Fsp3) is 0.375. The second-order valence-corrected chi connectivity index (χ2v) is 3.17. The van der Waals surface area contributed by atoms with E-state index >= 15 is 0 Å². The van der Waals surface area contributed by atoms with Crippen molar-refractivity contribution in [3.63, 3.8) is 0 Å². The summed E-state index contributed by atoms with van der Waals surface area (Å²) in [5.74, 6) is -0.455. The minimum atomic E-state index is -0.455. The van der Waals surface area contributed by atoms with Crippen molar-refractivity contribution < 1.29 is 9.53 Å². The smallest absolute Gasteiger partial charge is 0.310 e. The fourth-order valence-corrected chi connectivity index (χ4v) is 1.30. The van der Waals surface area contributed by atoms with Crippen molar-refractivity contribution in [1.82, 2.24) is 9.97 Å². The van der Waals surface area contributed by atoms with Crippen LogP contribution in [0.3, 0.4) is 0 Å². The number of ether oxygens (including phenoxy) is 1. The molecule has 0 saturated heterocycles. The Bertz CT molecular complexity index is 460. The summed E-state index contributed by atoms with van der Waals surface area (Å²) in [4.78, 5) is 27.5. The standard InChI is InChI=1S/C8H10N2O3S/c1-4-5(3-6(11)13-2)7(12)10-8(14)9-4/h3H2,1-2H3,(H2,9,10,12,14). The molecule has 0 amide bonds. The number of rotatable bonds is 2. The lowest BCUT2D eigenvalue weighted by molar-refractivity contribution is -0.139. The second-order valence-electron chi connectivity index (χ2n) is 2.76. The number of hydrogen-bond acceptors (Lipinski definition) is 4. The van der Waals surface area contributed by atoms with E-state index in [0.29, 0.717) is 11.3 Å². The van der Waals surface area contributed by atoms with Crippen molar-refractivity contribution in [2.75, 3.05) is 7.11 Å². The van der Waals surface area contributed by atoms with Crippen molar-refractivity contribution in [2.45, 2.75) is 13.3 Å². The van der Waals surface area contributed by atoms with Crippen LogP contribution in [0.1, 0.15) is 11.3 Å². The van der Waals surface area contributed by atoms with Gasteiger partial charge in [0.15, 0.2) is 4.77 Å². The highest BCUT2D eigenvalue weighted by Gasteiger charge is 2.10. The molecule has 76 valence electrons. The summed E-state index contributed by atoms with van der Waals surface area (Å²) in [6.45, 7) is 1.68. The van der Waals surface area contributed by atoms with E-state index in [1.165, 1.54) is 7.11 Å². The van der Waals surface area contributed by atoms with Crippen LogP contribution in [0.5, 0.6) is 0 Å². The van der Waals surface area contributed by atoms with E-state index in [1.807, 2.05) is 0 Å². The van der Waals surface area contributed by atoms with Gasteiger partial charge in [-0.2, -0.15) is 0 Å². The van der Waals surface area contributed by atoms with Gasteiger partial charge in [0.1, 0.15) is 0 Å². The summed E-state index contributed by atoms with van der Waals surface area (Å²) in [5, 5.41) is 0. The van der Waals surface area contributed by atoms with E-state index in [4.69, 9.17) is 12.2 Å². The zero-order chi connectivity index (χ0) is 10.7. The van der Waals surface area contributed by atoms with Crippen molar-refractivity contribution >= 4 is 18.2 Å². The van der Waals surface area contributed by atoms with Crippen LogP contribution < -0.4 is 5.56 Å². The Morgan fingerprint density at radius 1 is 1.50 bits per heavy atom. The third-order valence-corrected chi connectivity index (χ3v) is 2.01. The van der Waals surface area contributed by atoms with E-state index in [-0.39, 0.29) is 16.8 Å². The molecule has 1 aromatic heterocycles. The minimum Gasteiger partial charge on any atom is -0.469 e. The quantitative estimate of drug-likeness (QED) is 0.554. The molecule has 0 fully saturated rings. The van der Waals surface area contributed by atoms with Gasteiger partial charge in [0, 0.05) is 11.3 Å². The summed E-state index contributed by atoms with van der Waals surface area (Å²) in [6, 6.07) is 0. The Kier molecular flexibility index (Phi) is 3.19. The normalized spacial score (nSPS) is 9.86. The maximum atomic E-state index is 11.4. The highest BCUT2D eigenvalue weighted by Crippen LogP contribution is 1.99. The van der Waals surface area contributed by atoms with Gasteiger partial charge in [-0.05, 0) is 19.1 Å². The summed E-state index contributed by atoms with van der Waals surface area (Å²) >= 11 is 4.76. The van der Waals surface area contributed by atoms with Gasteiger partial charge >= 0.3 is 5.97 Å². The number of esters is 1. The van der Waals surface area contributed by atoms with Crippen LogP contribution in [0.25, 0.3) is 0 Å². The van der Waals surface area contributed by atoms with Gasteiger partial charge in [-0.3, -0.25) is 14.6 Å². The first-order chi connectivity index (χ1) is 6.54. The van der Waals surface area contributed by atoms with Crippen molar-refractivity contribution in [3.8, 4) is 0 Å². The molecule has 1 heterocycles. The molecule has 14 heavy (non-hydrogen) atoms. The van der Waals surface area contributed by atoms with Crippen molar-refractivity contribution in [2.24, 2.45) is 0 Å². The van der Waals surface area contributed by atoms with E-state index < -0.39 is 5.97 Å². The zero-order valence-corrected chi connectivity index (χ0v) is 8.66. The van der Waals surface area contributed by atoms with Gasteiger partial charge in [-0.15, -0.1) is 0 Å². The molecule has 5 nitrogen and oxygen atoms in total. The van der Waals surface area contributed by atoms with Gasteiger partial charge in [-0.25, -0.2) is 0 Å². The average molecular weight is 214 g/mol. The number of aryl methyl sites for hydroxylation is 1. The lowest BCUT2D eigenvalue weighted by Gasteiger charge is -2.02. The highest BCUT2D eigenvalue weighted by atomic mass is 32.1. The lowest BCUT2D eigenvalue weighted by Crippen LogP contribution is -2.20. The second kappa shape index (κ2) is 4.19. The summed E-state index contributed by atoms with van der Waals surface area (Å²) in [7, 11) is 1.27. The Morgan fingerprint density at radius 2 is 2.14 bits per heavy atom. The lowest BCUT2D eigenvalue weighted by atomic mass is 10.2. The van der Waals surface area contributed by atoms with E-state index in [0.717, 1.165) is 0 Å². The van der Waals surface area contributed by atoms with Gasteiger partial charge in [0.2, 0.25) is 0 Å². The molecule has 6 heteroatoms. The topological polar surface area (TPSA) is 75.0 Å². The van der Waals surface area contributed by atoms with Crippen molar-refractivity contribution in [3.05, 3.63) is 26.4 Å². The van der Waals surface area contributed by atoms with Crippen LogP contribution in [-0.4, -0.2) is 23.0 Å². The largest absolute Gasteiger partial charge is 0.469 e. The minimum absolute atomic E-state index is 0.0518. The molecule has 0 bridgehead atoms. The molecule has 0 spiro atoms. The van der Waals surface area contributed by atoms with Crippen LogP contribution in [-0.2, 0) is 16.0 Å². The maximum absolute atomic E-state index is 11.4. The van der Waals surface area contributed by atoms with E-state index in [9.17, 15) is 9.59 Å². The van der Waals surface area contributed by atoms with Gasteiger partial charge in [0.05, 0.1) is 13.5 Å². The molecule has 1 rings (SSSR count). The molecule has 0 unspecified atom stereocenters. The molecule has 0 atom stereocenters. The first-order valence-electron chi connectivity index (χ1n) is 3.93. The third kappa shape index (κ3) is 2.29. The number of aromatic nitrogens is 2. The average Bonchev–Trinajstić information content (AvgIpc) is 2.10. The Labute approximate surface area is 85.1 Å². The number of methoxy groups -OCH3 is 1. The van der Waals surface area contributed by atoms with Gasteiger partial charge in [0.25, 0.3) is 5.56 Å². The molecular formula is C8H10N2O3S. The van der Waals surface area contributed by atoms with E-state index in [1.54, 1.807) is 6.92 Å². The van der Waals surface area contributed by atoms with Crippen LogP contribution in [0, 0.1) is 11.7 Å². The molecule has 0 saturated carbocycles. The molecule has 0 aliphatic rings. The van der Waals surface area contributed by atoms with Crippen LogP contribution >= 0.6 is 12.2 Å². The molecule has 1 aromatic rings. The third-order valence-electron chi connectivity index (χ3n) is 1.80. The first kappa shape index (κ1) is 10.6. The van der Waals surface area contributed by atoms with Gasteiger partial charge in [-0.1, -0.05) is 0 Å². The van der Waals surface area contributed by atoms with Crippen LogP contribution in [0.4, 0.5) is 0 Å². The Balaban J connectivity index is 3.16. The van der Waals surface area contributed by atoms with Gasteiger partial charge < -0.3 is 9.72 Å². The molecule has 0 aliphatic heterocycles. The molecular weight excluding hydrogens is 204 g/mol. The summed E-state index contributed by atoms with van der Waals surface area (Å²) in [6.07, 6.45) is -0.0518. The number of nitrogens with one attached hydrogen (secondary N) is 2. The Hall–Kier alpha value is -1.43. The molecule has 0 radical (unpaired) electrons. The van der Waals surface area contributed by atoms with Crippen molar-refractivity contribution in [1.29, 1.82) is 0 Å². The predicted octanol–water partition coefficient (Wildman–Crippen LogP) is 0.456. The Morgan fingerprint density at radius 3 is 2.64 bits per heavy atom. The fourth-order valence-electron chi connectivity index (χ4n) is 1.06. The summed E-state index contributed by atoms with van der Waals surface area (Å²) < 4.78 is 4.71. The summed E-state index contributed by atoms with van der Waals surface area (Å²) in [5.41, 5.74) is 0.589. The van der Waals surface area contributed by atoms with E-state index in [2.05, 4.69) is 14.7 Å². The molecule has 0 aromatic carbocycles. The highest BCUT2D eigenvalue weighted by molar-refractivity contribution is 7.71. The maximum Gasteiger partial charge on any atom is 0.310 e. The van der Waals surface area contributed by atoms with Crippen LogP contribution in [0.2, 0.25) is 0 Å². The number of aromatic amines is 2. The predicted molar refractivity (Wildman–Crippen MR) is 52.7 cm³/mol. The number of hydrogen-bond donors (Lipinski definition) is 2.